The summed E-state index contributed by atoms with van der Waals surface area (Å²) in [5, 5.41) is 9.83. The molecule has 1 unspecified atom stereocenters. The predicted molar refractivity (Wildman–Crippen MR) is 81.2 cm³/mol. The summed E-state index contributed by atoms with van der Waals surface area (Å²) in [6, 6.07) is 4.77. The number of thiophene rings is 1. The molecule has 0 bridgehead atoms. The molecular formula is C15H17FN2O2S. The zero-order valence-electron chi connectivity index (χ0n) is 11.5. The van der Waals surface area contributed by atoms with E-state index < -0.39 is 5.97 Å². The predicted octanol–water partition coefficient (Wildman–Crippen LogP) is 2.52. The van der Waals surface area contributed by atoms with E-state index >= 15 is 0 Å². The van der Waals surface area contributed by atoms with Gasteiger partial charge in [-0.1, -0.05) is 6.07 Å². The molecule has 1 aromatic heterocycles. The first-order valence-electron chi connectivity index (χ1n) is 6.95. The van der Waals surface area contributed by atoms with Crippen LogP contribution in [0.25, 0.3) is 10.1 Å². The Morgan fingerprint density at radius 2 is 2.33 bits per heavy atom. The Hall–Kier alpha value is -1.50. The van der Waals surface area contributed by atoms with Crippen LogP contribution in [0.4, 0.5) is 4.39 Å². The summed E-state index contributed by atoms with van der Waals surface area (Å²) in [5.41, 5.74) is 6.28. The molecule has 1 aromatic carbocycles. The van der Waals surface area contributed by atoms with Crippen LogP contribution in [0.1, 0.15) is 21.7 Å². The molecule has 1 fully saturated rings. The SMILES string of the molecule is NCC1CCN(Cc2c(C(=O)O)sc3cccc(F)c23)C1. The summed E-state index contributed by atoms with van der Waals surface area (Å²) >= 11 is 1.15. The first-order valence-corrected chi connectivity index (χ1v) is 7.77. The van der Waals surface area contributed by atoms with Gasteiger partial charge in [0.25, 0.3) is 0 Å². The van der Waals surface area contributed by atoms with Crippen LogP contribution in [0.2, 0.25) is 0 Å². The summed E-state index contributed by atoms with van der Waals surface area (Å²) in [7, 11) is 0. The molecule has 6 heteroatoms. The molecule has 0 radical (unpaired) electrons. The van der Waals surface area contributed by atoms with E-state index in [0.29, 0.717) is 34.7 Å². The molecule has 1 aliphatic heterocycles. The van der Waals surface area contributed by atoms with Crippen molar-refractivity contribution in [2.75, 3.05) is 19.6 Å². The van der Waals surface area contributed by atoms with Gasteiger partial charge in [-0.3, -0.25) is 4.90 Å². The van der Waals surface area contributed by atoms with Crippen molar-refractivity contribution in [3.05, 3.63) is 34.5 Å². The molecular weight excluding hydrogens is 291 g/mol. The highest BCUT2D eigenvalue weighted by Crippen LogP contribution is 2.35. The Balaban J connectivity index is 2.00. The average molecular weight is 308 g/mol. The van der Waals surface area contributed by atoms with Crippen molar-refractivity contribution in [1.29, 1.82) is 0 Å². The maximum Gasteiger partial charge on any atom is 0.346 e. The average Bonchev–Trinajstić information content (AvgIpc) is 3.05. The Morgan fingerprint density at radius 1 is 1.52 bits per heavy atom. The van der Waals surface area contributed by atoms with E-state index in [-0.39, 0.29) is 10.7 Å². The smallest absolute Gasteiger partial charge is 0.346 e. The van der Waals surface area contributed by atoms with E-state index in [1.807, 2.05) is 0 Å². The number of fused-ring (bicyclic) bond motifs is 1. The summed E-state index contributed by atoms with van der Waals surface area (Å²) in [6.45, 7) is 2.84. The van der Waals surface area contributed by atoms with Crippen LogP contribution in [-0.4, -0.2) is 35.6 Å². The molecule has 1 saturated heterocycles. The summed E-state index contributed by atoms with van der Waals surface area (Å²) in [5.74, 6) is -0.881. The zero-order chi connectivity index (χ0) is 15.0. The van der Waals surface area contributed by atoms with Crippen LogP contribution < -0.4 is 5.73 Å². The maximum atomic E-state index is 14.1. The topological polar surface area (TPSA) is 66.6 Å². The van der Waals surface area contributed by atoms with Gasteiger partial charge in [-0.05, 0) is 37.6 Å². The van der Waals surface area contributed by atoms with Crippen molar-refractivity contribution in [3.8, 4) is 0 Å². The summed E-state index contributed by atoms with van der Waals surface area (Å²) in [6.07, 6.45) is 1.02. The lowest BCUT2D eigenvalue weighted by Crippen LogP contribution is -2.23. The Labute approximate surface area is 126 Å². The number of rotatable bonds is 4. The third kappa shape index (κ3) is 2.66. The van der Waals surface area contributed by atoms with Crippen LogP contribution in [0.5, 0.6) is 0 Å². The van der Waals surface area contributed by atoms with Crippen molar-refractivity contribution in [2.24, 2.45) is 11.7 Å². The lowest BCUT2D eigenvalue weighted by atomic mass is 10.1. The fraction of sp³-hybridized carbons (Fsp3) is 0.400. The largest absolute Gasteiger partial charge is 0.477 e. The van der Waals surface area contributed by atoms with Crippen molar-refractivity contribution in [1.82, 2.24) is 4.90 Å². The van der Waals surface area contributed by atoms with Gasteiger partial charge in [-0.25, -0.2) is 9.18 Å². The molecule has 1 atom stereocenters. The molecule has 0 saturated carbocycles. The van der Waals surface area contributed by atoms with Gasteiger partial charge in [0.1, 0.15) is 10.7 Å². The highest BCUT2D eigenvalue weighted by molar-refractivity contribution is 7.21. The molecule has 4 nitrogen and oxygen atoms in total. The highest BCUT2D eigenvalue weighted by atomic mass is 32.1. The number of hydrogen-bond donors (Lipinski definition) is 2. The standard InChI is InChI=1S/C15H17FN2O2S/c16-11-2-1-3-12-13(11)10(14(21-12)15(19)20)8-18-5-4-9(6-17)7-18/h1-3,9H,4-8,17H2,(H,19,20). The fourth-order valence-corrected chi connectivity index (χ4v) is 4.03. The van der Waals surface area contributed by atoms with Crippen LogP contribution in [0.3, 0.4) is 0 Å². The molecule has 0 spiro atoms. The number of aromatic carboxylic acids is 1. The fourth-order valence-electron chi connectivity index (χ4n) is 2.96. The van der Waals surface area contributed by atoms with E-state index in [4.69, 9.17) is 5.73 Å². The minimum Gasteiger partial charge on any atom is -0.477 e. The van der Waals surface area contributed by atoms with Gasteiger partial charge < -0.3 is 10.8 Å². The number of nitrogens with two attached hydrogens (primary N) is 1. The Morgan fingerprint density at radius 3 is 3.00 bits per heavy atom. The third-order valence-corrected chi connectivity index (χ3v) is 5.23. The second kappa shape index (κ2) is 5.71. The number of carbonyl (C=O) groups is 1. The van der Waals surface area contributed by atoms with Gasteiger partial charge in [-0.15, -0.1) is 11.3 Å². The van der Waals surface area contributed by atoms with E-state index in [2.05, 4.69) is 4.90 Å². The lowest BCUT2D eigenvalue weighted by Gasteiger charge is -2.16. The van der Waals surface area contributed by atoms with Crippen molar-refractivity contribution in [2.45, 2.75) is 13.0 Å². The number of hydrogen-bond acceptors (Lipinski definition) is 4. The van der Waals surface area contributed by atoms with Gasteiger partial charge in [0.15, 0.2) is 0 Å². The molecule has 2 aromatic rings. The van der Waals surface area contributed by atoms with Crippen molar-refractivity contribution < 1.29 is 14.3 Å². The first kappa shape index (κ1) is 14.4. The molecule has 2 heterocycles. The second-order valence-corrected chi connectivity index (χ2v) is 6.51. The Kier molecular flexibility index (Phi) is 3.93. The molecule has 0 amide bonds. The number of benzene rings is 1. The second-order valence-electron chi connectivity index (χ2n) is 5.45. The minimum absolute atomic E-state index is 0.242. The quantitative estimate of drug-likeness (QED) is 0.911. The molecule has 3 rings (SSSR count). The van der Waals surface area contributed by atoms with Crippen LogP contribution in [0, 0.1) is 11.7 Å². The van der Waals surface area contributed by atoms with Crippen LogP contribution in [0.15, 0.2) is 18.2 Å². The van der Waals surface area contributed by atoms with Gasteiger partial charge >= 0.3 is 5.97 Å². The molecule has 112 valence electrons. The monoisotopic (exact) mass is 308 g/mol. The van der Waals surface area contributed by atoms with Gasteiger partial charge in [-0.2, -0.15) is 0 Å². The molecule has 3 N–H and O–H groups in total. The van der Waals surface area contributed by atoms with E-state index in [0.717, 1.165) is 30.8 Å². The Bertz CT molecular complexity index is 686. The van der Waals surface area contributed by atoms with Gasteiger partial charge in [0.05, 0.1) is 0 Å². The molecule has 0 aliphatic carbocycles. The van der Waals surface area contributed by atoms with Crippen LogP contribution in [-0.2, 0) is 6.54 Å². The summed E-state index contributed by atoms with van der Waals surface area (Å²) in [4.78, 5) is 13.9. The number of carboxylic acids is 1. The molecule has 1 aliphatic rings. The number of likely N-dealkylation sites (tertiary alicyclic amines) is 1. The van der Waals surface area contributed by atoms with Crippen molar-refractivity contribution in [3.63, 3.8) is 0 Å². The summed E-state index contributed by atoms with van der Waals surface area (Å²) < 4.78 is 14.8. The number of carboxylic acid groups (broad SMARTS) is 1. The normalized spacial score (nSPS) is 19.4. The van der Waals surface area contributed by atoms with Gasteiger partial charge in [0, 0.05) is 28.7 Å². The van der Waals surface area contributed by atoms with Gasteiger partial charge in [0.2, 0.25) is 0 Å². The lowest BCUT2D eigenvalue weighted by molar-refractivity contribution is 0.0700. The number of nitrogens with zero attached hydrogens (tertiary/aromatic N) is 1. The minimum atomic E-state index is -0.986. The zero-order valence-corrected chi connectivity index (χ0v) is 12.3. The van der Waals surface area contributed by atoms with E-state index in [9.17, 15) is 14.3 Å². The number of halogens is 1. The van der Waals surface area contributed by atoms with E-state index in [1.165, 1.54) is 6.07 Å². The first-order chi connectivity index (χ1) is 10.1. The third-order valence-electron chi connectivity index (χ3n) is 4.04. The molecule has 21 heavy (non-hydrogen) atoms. The maximum absolute atomic E-state index is 14.1. The van der Waals surface area contributed by atoms with E-state index in [1.54, 1.807) is 12.1 Å². The highest BCUT2D eigenvalue weighted by Gasteiger charge is 2.26. The van der Waals surface area contributed by atoms with Crippen LogP contribution >= 0.6 is 11.3 Å². The van der Waals surface area contributed by atoms with Crippen molar-refractivity contribution >= 4 is 27.4 Å².